The number of halogens is 4. The quantitative estimate of drug-likeness (QED) is 0.752. The molecule has 0 heterocycles. The second-order valence-electron chi connectivity index (χ2n) is 4.34. The van der Waals surface area contributed by atoms with E-state index < -0.39 is 18.7 Å². The van der Waals surface area contributed by atoms with Crippen LogP contribution in [0.4, 0.5) is 13.2 Å². The molecule has 1 aromatic rings. The van der Waals surface area contributed by atoms with Crippen molar-refractivity contribution in [2.24, 2.45) is 0 Å². The number of benzene rings is 1. The predicted octanol–water partition coefficient (Wildman–Crippen LogP) is 3.70. The van der Waals surface area contributed by atoms with E-state index in [-0.39, 0.29) is 6.42 Å². The lowest BCUT2D eigenvalue weighted by Gasteiger charge is -2.12. The monoisotopic (exact) mass is 295 g/mol. The third kappa shape index (κ3) is 7.40. The van der Waals surface area contributed by atoms with Gasteiger partial charge < -0.3 is 10.4 Å². The zero-order valence-electron chi connectivity index (χ0n) is 10.4. The molecule has 0 bridgehead atoms. The Morgan fingerprint density at radius 2 is 1.79 bits per heavy atom. The van der Waals surface area contributed by atoms with Crippen molar-refractivity contribution < 1.29 is 18.3 Å². The van der Waals surface area contributed by atoms with Crippen molar-refractivity contribution in [3.05, 3.63) is 34.9 Å². The van der Waals surface area contributed by atoms with Gasteiger partial charge in [0.2, 0.25) is 0 Å². The molecule has 1 unspecified atom stereocenters. The lowest BCUT2D eigenvalue weighted by molar-refractivity contribution is -0.135. The van der Waals surface area contributed by atoms with Crippen LogP contribution in [-0.4, -0.2) is 24.4 Å². The second-order valence-corrected chi connectivity index (χ2v) is 4.78. The number of hydrogen-bond acceptors (Lipinski definition) is 2. The summed E-state index contributed by atoms with van der Waals surface area (Å²) in [5.41, 5.74) is 0.729. The van der Waals surface area contributed by atoms with E-state index in [4.69, 9.17) is 11.6 Å². The van der Waals surface area contributed by atoms with Crippen LogP contribution in [0.5, 0.6) is 0 Å². The number of nitrogens with one attached hydrogen (secondary N) is 1. The van der Waals surface area contributed by atoms with Crippen LogP contribution >= 0.6 is 11.6 Å². The van der Waals surface area contributed by atoms with Gasteiger partial charge in [0.15, 0.2) is 0 Å². The third-order valence-electron chi connectivity index (χ3n) is 2.66. The van der Waals surface area contributed by atoms with Crippen LogP contribution < -0.4 is 5.32 Å². The molecule has 1 rings (SSSR count). The number of unbranched alkanes of at least 4 members (excludes halogenated alkanes) is 1. The van der Waals surface area contributed by atoms with E-state index in [2.05, 4.69) is 5.32 Å². The molecule has 2 N–H and O–H groups in total. The molecular weight excluding hydrogens is 279 g/mol. The lowest BCUT2D eigenvalue weighted by atomic mass is 10.1. The zero-order chi connectivity index (χ0) is 14.3. The number of hydrogen-bond donors (Lipinski definition) is 2. The van der Waals surface area contributed by atoms with Crippen LogP contribution in [0.2, 0.25) is 5.02 Å². The SMILES string of the molecule is OC(CNCCCCC(F)(F)F)c1ccc(Cl)cc1. The van der Waals surface area contributed by atoms with Gasteiger partial charge in [0.05, 0.1) is 6.10 Å². The fourth-order valence-electron chi connectivity index (χ4n) is 1.62. The number of aliphatic hydroxyl groups is 1. The highest BCUT2D eigenvalue weighted by molar-refractivity contribution is 6.30. The van der Waals surface area contributed by atoms with Crippen LogP contribution in [0, 0.1) is 0 Å². The normalized spacial score (nSPS) is 13.5. The van der Waals surface area contributed by atoms with Crippen LogP contribution in [0.1, 0.15) is 30.9 Å². The minimum atomic E-state index is -4.08. The molecule has 108 valence electrons. The first-order valence-corrected chi connectivity index (χ1v) is 6.47. The Balaban J connectivity index is 2.14. The van der Waals surface area contributed by atoms with E-state index in [1.54, 1.807) is 24.3 Å². The Morgan fingerprint density at radius 3 is 2.37 bits per heavy atom. The number of aliphatic hydroxyl groups excluding tert-OH is 1. The van der Waals surface area contributed by atoms with Gasteiger partial charge in [-0.1, -0.05) is 23.7 Å². The zero-order valence-corrected chi connectivity index (χ0v) is 11.1. The first-order chi connectivity index (χ1) is 8.88. The topological polar surface area (TPSA) is 32.3 Å². The van der Waals surface area contributed by atoms with Gasteiger partial charge in [-0.2, -0.15) is 13.2 Å². The van der Waals surface area contributed by atoms with Gasteiger partial charge in [-0.25, -0.2) is 0 Å². The molecular formula is C13H17ClF3NO. The molecule has 6 heteroatoms. The molecule has 0 amide bonds. The highest BCUT2D eigenvalue weighted by Gasteiger charge is 2.25. The largest absolute Gasteiger partial charge is 0.389 e. The first-order valence-electron chi connectivity index (χ1n) is 6.09. The molecule has 0 aliphatic carbocycles. The van der Waals surface area contributed by atoms with E-state index in [0.29, 0.717) is 24.5 Å². The van der Waals surface area contributed by atoms with Gasteiger partial charge >= 0.3 is 6.18 Å². The van der Waals surface area contributed by atoms with E-state index in [0.717, 1.165) is 5.56 Å². The Kier molecular flexibility index (Phi) is 6.62. The van der Waals surface area contributed by atoms with Gasteiger partial charge in [-0.15, -0.1) is 0 Å². The van der Waals surface area contributed by atoms with Crippen molar-refractivity contribution in [1.29, 1.82) is 0 Å². The average molecular weight is 296 g/mol. The molecule has 0 fully saturated rings. The summed E-state index contributed by atoms with van der Waals surface area (Å²) in [6.45, 7) is 0.772. The van der Waals surface area contributed by atoms with Crippen molar-refractivity contribution in [3.63, 3.8) is 0 Å². The van der Waals surface area contributed by atoms with E-state index in [9.17, 15) is 18.3 Å². The van der Waals surface area contributed by atoms with Crippen LogP contribution in [0.15, 0.2) is 24.3 Å². The number of rotatable bonds is 7. The summed E-state index contributed by atoms with van der Waals surface area (Å²) in [6, 6.07) is 6.81. The molecule has 0 aromatic heterocycles. The van der Waals surface area contributed by atoms with Crippen molar-refractivity contribution >= 4 is 11.6 Å². The van der Waals surface area contributed by atoms with E-state index >= 15 is 0 Å². The Morgan fingerprint density at radius 1 is 1.16 bits per heavy atom. The summed E-state index contributed by atoms with van der Waals surface area (Å²) in [6.07, 6.45) is -4.97. The first kappa shape index (κ1) is 16.3. The molecule has 0 spiro atoms. The number of alkyl halides is 3. The lowest BCUT2D eigenvalue weighted by Crippen LogP contribution is -2.22. The van der Waals surface area contributed by atoms with Crippen molar-refractivity contribution in [2.45, 2.75) is 31.5 Å². The Bertz CT molecular complexity index is 367. The Labute approximate surface area is 115 Å². The van der Waals surface area contributed by atoms with Gasteiger partial charge in [0, 0.05) is 18.0 Å². The summed E-state index contributed by atoms with van der Waals surface area (Å²) < 4.78 is 35.6. The van der Waals surface area contributed by atoms with Gasteiger partial charge in [0.1, 0.15) is 0 Å². The summed E-state index contributed by atoms with van der Waals surface area (Å²) in [5.74, 6) is 0. The molecule has 19 heavy (non-hydrogen) atoms. The standard InChI is InChI=1S/C13H17ClF3NO/c14-11-5-3-10(4-6-11)12(19)9-18-8-2-1-7-13(15,16)17/h3-6,12,18-19H,1-2,7-9H2. The third-order valence-corrected chi connectivity index (χ3v) is 2.91. The Hall–Kier alpha value is -0.780. The van der Waals surface area contributed by atoms with Gasteiger partial charge in [-0.05, 0) is 37.1 Å². The molecule has 1 atom stereocenters. The van der Waals surface area contributed by atoms with Crippen molar-refractivity contribution in [3.8, 4) is 0 Å². The van der Waals surface area contributed by atoms with Crippen LogP contribution in [-0.2, 0) is 0 Å². The second kappa shape index (κ2) is 7.72. The molecule has 0 aliphatic rings. The molecule has 0 radical (unpaired) electrons. The van der Waals surface area contributed by atoms with Crippen molar-refractivity contribution in [2.75, 3.05) is 13.1 Å². The van der Waals surface area contributed by atoms with Crippen LogP contribution in [0.25, 0.3) is 0 Å². The minimum absolute atomic E-state index is 0.105. The summed E-state index contributed by atoms with van der Waals surface area (Å²) in [4.78, 5) is 0. The van der Waals surface area contributed by atoms with Gasteiger partial charge in [-0.3, -0.25) is 0 Å². The molecule has 0 saturated carbocycles. The maximum atomic E-state index is 11.9. The van der Waals surface area contributed by atoms with E-state index in [1.807, 2.05) is 0 Å². The fourth-order valence-corrected chi connectivity index (χ4v) is 1.74. The average Bonchev–Trinajstić information content (AvgIpc) is 2.33. The fraction of sp³-hybridized carbons (Fsp3) is 0.538. The highest BCUT2D eigenvalue weighted by atomic mass is 35.5. The molecule has 1 aromatic carbocycles. The minimum Gasteiger partial charge on any atom is -0.387 e. The highest BCUT2D eigenvalue weighted by Crippen LogP contribution is 2.22. The predicted molar refractivity (Wildman–Crippen MR) is 69.2 cm³/mol. The smallest absolute Gasteiger partial charge is 0.387 e. The summed E-state index contributed by atoms with van der Waals surface area (Å²) in [7, 11) is 0. The van der Waals surface area contributed by atoms with Gasteiger partial charge in [0.25, 0.3) is 0 Å². The maximum absolute atomic E-state index is 11.9. The van der Waals surface area contributed by atoms with E-state index in [1.165, 1.54) is 0 Å². The summed E-state index contributed by atoms with van der Waals surface area (Å²) >= 11 is 5.73. The molecule has 2 nitrogen and oxygen atoms in total. The summed E-state index contributed by atoms with van der Waals surface area (Å²) in [5, 5.41) is 13.3. The van der Waals surface area contributed by atoms with Crippen molar-refractivity contribution in [1.82, 2.24) is 5.32 Å². The maximum Gasteiger partial charge on any atom is 0.389 e. The molecule has 0 aliphatic heterocycles. The molecule has 0 saturated heterocycles. The van der Waals surface area contributed by atoms with Crippen LogP contribution in [0.3, 0.4) is 0 Å².